The van der Waals surface area contributed by atoms with Crippen LogP contribution in [0.1, 0.15) is 38.7 Å². The molecule has 1 N–H and O–H groups in total. The fraction of sp³-hybridized carbons (Fsp3) is 0.667. The molecule has 1 aromatic carbocycles. The molecule has 1 aliphatic heterocycles. The molecule has 3 heteroatoms. The molecule has 0 spiro atoms. The van der Waals surface area contributed by atoms with E-state index in [4.69, 9.17) is 0 Å². The van der Waals surface area contributed by atoms with Crippen molar-refractivity contribution < 1.29 is 4.39 Å². The Morgan fingerprint density at radius 1 is 1.29 bits per heavy atom. The summed E-state index contributed by atoms with van der Waals surface area (Å²) in [4.78, 5) is 2.57. The summed E-state index contributed by atoms with van der Waals surface area (Å²) in [6.45, 7) is 9.09. The van der Waals surface area contributed by atoms with Gasteiger partial charge in [0.15, 0.2) is 0 Å². The summed E-state index contributed by atoms with van der Waals surface area (Å²) in [6, 6.07) is 7.61. The molecule has 118 valence electrons. The SMILES string of the molecule is CCCN1CCC(C(C)NCCc2ccccc2F)CC1. The molecule has 21 heavy (non-hydrogen) atoms. The number of hydrogen-bond donors (Lipinski definition) is 1. The second kappa shape index (κ2) is 8.50. The number of nitrogens with zero attached hydrogens (tertiary/aromatic N) is 1. The molecule has 1 atom stereocenters. The Bertz CT molecular complexity index is 413. The van der Waals surface area contributed by atoms with Crippen LogP contribution in [0.3, 0.4) is 0 Å². The quantitative estimate of drug-likeness (QED) is 0.828. The van der Waals surface area contributed by atoms with Gasteiger partial charge in [-0.3, -0.25) is 0 Å². The van der Waals surface area contributed by atoms with Crippen molar-refractivity contribution in [1.82, 2.24) is 10.2 Å². The first-order valence-electron chi connectivity index (χ1n) is 8.40. The summed E-state index contributed by atoms with van der Waals surface area (Å²) < 4.78 is 13.6. The minimum absolute atomic E-state index is 0.0835. The molecule has 1 heterocycles. The van der Waals surface area contributed by atoms with Crippen molar-refractivity contribution in [2.75, 3.05) is 26.2 Å². The Labute approximate surface area is 128 Å². The van der Waals surface area contributed by atoms with Gasteiger partial charge in [-0.1, -0.05) is 25.1 Å². The van der Waals surface area contributed by atoms with Crippen molar-refractivity contribution >= 4 is 0 Å². The lowest BCUT2D eigenvalue weighted by molar-refractivity contribution is 0.163. The topological polar surface area (TPSA) is 15.3 Å². The highest BCUT2D eigenvalue weighted by molar-refractivity contribution is 5.17. The summed E-state index contributed by atoms with van der Waals surface area (Å²) in [7, 11) is 0. The maximum Gasteiger partial charge on any atom is 0.126 e. The van der Waals surface area contributed by atoms with E-state index in [1.54, 1.807) is 12.1 Å². The maximum atomic E-state index is 13.6. The van der Waals surface area contributed by atoms with Crippen LogP contribution in [0.4, 0.5) is 4.39 Å². The highest BCUT2D eigenvalue weighted by atomic mass is 19.1. The molecule has 1 saturated heterocycles. The van der Waals surface area contributed by atoms with Gasteiger partial charge in [0.2, 0.25) is 0 Å². The second-order valence-electron chi connectivity index (χ2n) is 6.26. The molecule has 0 saturated carbocycles. The smallest absolute Gasteiger partial charge is 0.126 e. The highest BCUT2D eigenvalue weighted by Crippen LogP contribution is 2.20. The first-order valence-corrected chi connectivity index (χ1v) is 8.40. The lowest BCUT2D eigenvalue weighted by Gasteiger charge is -2.35. The predicted molar refractivity (Wildman–Crippen MR) is 87.0 cm³/mol. The highest BCUT2D eigenvalue weighted by Gasteiger charge is 2.22. The van der Waals surface area contributed by atoms with E-state index in [2.05, 4.69) is 24.1 Å². The van der Waals surface area contributed by atoms with Crippen molar-refractivity contribution in [3.63, 3.8) is 0 Å². The van der Waals surface area contributed by atoms with Gasteiger partial charge in [-0.05, 0) is 76.3 Å². The number of piperidine rings is 1. The largest absolute Gasteiger partial charge is 0.314 e. The van der Waals surface area contributed by atoms with Gasteiger partial charge < -0.3 is 10.2 Å². The number of nitrogens with one attached hydrogen (secondary N) is 1. The van der Waals surface area contributed by atoms with Gasteiger partial charge in [0.1, 0.15) is 5.82 Å². The van der Waals surface area contributed by atoms with Crippen molar-refractivity contribution in [2.24, 2.45) is 5.92 Å². The standard InChI is InChI=1S/C18H29FN2/c1-3-12-21-13-9-16(10-14-21)15(2)20-11-8-17-6-4-5-7-18(17)19/h4-7,15-16,20H,3,8-14H2,1-2H3. The Balaban J connectivity index is 1.68. The summed E-state index contributed by atoms with van der Waals surface area (Å²) >= 11 is 0. The van der Waals surface area contributed by atoms with Gasteiger partial charge in [0, 0.05) is 6.04 Å². The Hall–Kier alpha value is -0.930. The molecular formula is C18H29FN2. The van der Waals surface area contributed by atoms with E-state index in [1.165, 1.54) is 38.9 Å². The first-order chi connectivity index (χ1) is 10.2. The van der Waals surface area contributed by atoms with Crippen molar-refractivity contribution in [3.05, 3.63) is 35.6 Å². The Morgan fingerprint density at radius 2 is 2.00 bits per heavy atom. The van der Waals surface area contributed by atoms with E-state index in [9.17, 15) is 4.39 Å². The third kappa shape index (κ3) is 5.08. The van der Waals surface area contributed by atoms with E-state index >= 15 is 0 Å². The van der Waals surface area contributed by atoms with Crippen LogP contribution in [0.2, 0.25) is 0 Å². The monoisotopic (exact) mass is 292 g/mol. The molecule has 0 bridgehead atoms. The van der Waals surface area contributed by atoms with Gasteiger partial charge >= 0.3 is 0 Å². The summed E-state index contributed by atoms with van der Waals surface area (Å²) in [5.74, 6) is 0.679. The van der Waals surface area contributed by atoms with Gasteiger partial charge in [-0.25, -0.2) is 4.39 Å². The van der Waals surface area contributed by atoms with Crippen LogP contribution in [0.25, 0.3) is 0 Å². The van der Waals surface area contributed by atoms with Crippen LogP contribution in [-0.2, 0) is 6.42 Å². The van der Waals surface area contributed by atoms with Gasteiger partial charge in [-0.15, -0.1) is 0 Å². The van der Waals surface area contributed by atoms with E-state index in [-0.39, 0.29) is 5.82 Å². The Kier molecular flexibility index (Phi) is 6.65. The fourth-order valence-electron chi connectivity index (χ4n) is 3.30. The number of rotatable bonds is 7. The summed E-state index contributed by atoms with van der Waals surface area (Å²) in [5.41, 5.74) is 0.815. The predicted octanol–water partition coefficient (Wildman–Crippen LogP) is 3.47. The Morgan fingerprint density at radius 3 is 2.67 bits per heavy atom. The van der Waals surface area contributed by atoms with Crippen LogP contribution in [0, 0.1) is 11.7 Å². The average molecular weight is 292 g/mol. The van der Waals surface area contributed by atoms with Crippen LogP contribution >= 0.6 is 0 Å². The third-order valence-corrected chi connectivity index (χ3v) is 4.70. The molecular weight excluding hydrogens is 263 g/mol. The number of likely N-dealkylation sites (tertiary alicyclic amines) is 1. The zero-order chi connectivity index (χ0) is 15.1. The van der Waals surface area contributed by atoms with Gasteiger partial charge in [0.05, 0.1) is 0 Å². The number of halogens is 1. The molecule has 1 aliphatic rings. The second-order valence-corrected chi connectivity index (χ2v) is 6.26. The minimum atomic E-state index is -0.0835. The lowest BCUT2D eigenvalue weighted by atomic mass is 9.90. The van der Waals surface area contributed by atoms with E-state index < -0.39 is 0 Å². The molecule has 2 rings (SSSR count). The van der Waals surface area contributed by atoms with Gasteiger partial charge in [-0.2, -0.15) is 0 Å². The maximum absolute atomic E-state index is 13.6. The molecule has 0 amide bonds. The van der Waals surface area contributed by atoms with Crippen LogP contribution in [0.15, 0.2) is 24.3 Å². The molecule has 1 unspecified atom stereocenters. The van der Waals surface area contributed by atoms with Crippen LogP contribution in [0.5, 0.6) is 0 Å². The number of hydrogen-bond acceptors (Lipinski definition) is 2. The zero-order valence-electron chi connectivity index (χ0n) is 13.4. The van der Waals surface area contributed by atoms with Crippen molar-refractivity contribution in [2.45, 2.75) is 45.6 Å². The average Bonchev–Trinajstić information content (AvgIpc) is 2.50. The third-order valence-electron chi connectivity index (χ3n) is 4.70. The van der Waals surface area contributed by atoms with E-state index in [0.29, 0.717) is 6.04 Å². The molecule has 0 aromatic heterocycles. The summed E-state index contributed by atoms with van der Waals surface area (Å²) in [6.07, 6.45) is 4.59. The molecule has 0 aliphatic carbocycles. The zero-order valence-corrected chi connectivity index (χ0v) is 13.4. The molecule has 0 radical (unpaired) electrons. The molecule has 1 fully saturated rings. The van der Waals surface area contributed by atoms with Crippen molar-refractivity contribution in [3.8, 4) is 0 Å². The first kappa shape index (κ1) is 16.4. The normalized spacial score (nSPS) is 18.8. The number of benzene rings is 1. The minimum Gasteiger partial charge on any atom is -0.314 e. The van der Waals surface area contributed by atoms with Crippen LogP contribution < -0.4 is 5.32 Å². The van der Waals surface area contributed by atoms with Crippen molar-refractivity contribution in [1.29, 1.82) is 0 Å². The molecule has 1 aromatic rings. The van der Waals surface area contributed by atoms with Gasteiger partial charge in [0.25, 0.3) is 0 Å². The van der Waals surface area contributed by atoms with Crippen LogP contribution in [-0.4, -0.2) is 37.1 Å². The molecule has 2 nitrogen and oxygen atoms in total. The fourth-order valence-corrected chi connectivity index (χ4v) is 3.30. The lowest BCUT2D eigenvalue weighted by Crippen LogP contribution is -2.42. The van der Waals surface area contributed by atoms with E-state index in [1.807, 2.05) is 12.1 Å². The summed E-state index contributed by atoms with van der Waals surface area (Å²) in [5, 5.41) is 3.59. The van der Waals surface area contributed by atoms with E-state index in [0.717, 1.165) is 24.4 Å².